The number of methoxy groups -OCH3 is 1. The number of aromatic nitrogens is 3. The van der Waals surface area contributed by atoms with Gasteiger partial charge in [-0.15, -0.1) is 10.2 Å². The molecule has 150 valence electrons. The second-order valence-corrected chi connectivity index (χ2v) is 7.17. The number of ether oxygens (including phenoxy) is 1. The molecular formula is C20H21N5O3S. The highest BCUT2D eigenvalue weighted by Crippen LogP contribution is 2.20. The molecule has 3 aromatic rings. The van der Waals surface area contributed by atoms with Crippen molar-refractivity contribution in [2.75, 3.05) is 18.2 Å². The molecule has 0 aliphatic carbocycles. The summed E-state index contributed by atoms with van der Waals surface area (Å²) in [4.78, 5) is 23.7. The third-order valence-electron chi connectivity index (χ3n) is 4.25. The van der Waals surface area contributed by atoms with E-state index < -0.39 is 5.91 Å². The number of benzene rings is 2. The number of nitrogens with one attached hydrogen (secondary N) is 1. The molecule has 8 nitrogen and oxygen atoms in total. The molecule has 9 heteroatoms. The summed E-state index contributed by atoms with van der Waals surface area (Å²) in [5.74, 6) is 0.860. The Balaban J connectivity index is 1.60. The van der Waals surface area contributed by atoms with E-state index in [2.05, 4.69) is 15.5 Å². The number of anilines is 1. The Labute approximate surface area is 172 Å². The normalized spacial score (nSPS) is 10.6. The summed E-state index contributed by atoms with van der Waals surface area (Å²) in [7, 11) is 3.49. The van der Waals surface area contributed by atoms with Crippen LogP contribution >= 0.6 is 11.8 Å². The Morgan fingerprint density at radius 3 is 2.55 bits per heavy atom. The van der Waals surface area contributed by atoms with Crippen molar-refractivity contribution in [1.29, 1.82) is 0 Å². The van der Waals surface area contributed by atoms with Crippen LogP contribution in [0.25, 0.3) is 0 Å². The summed E-state index contributed by atoms with van der Waals surface area (Å²) in [5, 5.41) is 11.7. The van der Waals surface area contributed by atoms with E-state index >= 15 is 0 Å². The van der Waals surface area contributed by atoms with Crippen LogP contribution in [0, 0.1) is 0 Å². The summed E-state index contributed by atoms with van der Waals surface area (Å²) in [6.45, 7) is 0. The molecule has 0 bridgehead atoms. The van der Waals surface area contributed by atoms with Crippen molar-refractivity contribution in [3.05, 3.63) is 65.5 Å². The summed E-state index contributed by atoms with van der Waals surface area (Å²) in [5.41, 5.74) is 7.08. The van der Waals surface area contributed by atoms with Crippen molar-refractivity contribution in [1.82, 2.24) is 14.8 Å². The molecule has 0 fully saturated rings. The minimum Gasteiger partial charge on any atom is -0.497 e. The molecule has 0 unspecified atom stereocenters. The van der Waals surface area contributed by atoms with E-state index in [-0.39, 0.29) is 17.2 Å². The van der Waals surface area contributed by atoms with E-state index in [1.165, 1.54) is 11.8 Å². The number of para-hydroxylation sites is 1. The lowest BCUT2D eigenvalue weighted by molar-refractivity contribution is -0.113. The van der Waals surface area contributed by atoms with Gasteiger partial charge < -0.3 is 20.4 Å². The zero-order chi connectivity index (χ0) is 20.8. The van der Waals surface area contributed by atoms with E-state index in [1.54, 1.807) is 31.4 Å². The number of carbonyl (C=O) groups is 2. The molecule has 1 aromatic heterocycles. The molecule has 0 atom stereocenters. The molecule has 0 spiro atoms. The molecule has 29 heavy (non-hydrogen) atoms. The maximum absolute atomic E-state index is 12.3. The first-order chi connectivity index (χ1) is 14.0. The lowest BCUT2D eigenvalue weighted by Gasteiger charge is -2.08. The molecular weight excluding hydrogens is 390 g/mol. The number of rotatable bonds is 8. The van der Waals surface area contributed by atoms with E-state index in [0.717, 1.165) is 17.1 Å². The maximum Gasteiger partial charge on any atom is 0.250 e. The van der Waals surface area contributed by atoms with Gasteiger partial charge in [0.25, 0.3) is 5.91 Å². The van der Waals surface area contributed by atoms with Gasteiger partial charge in [0.15, 0.2) is 5.16 Å². The molecule has 0 radical (unpaired) electrons. The number of thioether (sulfide) groups is 1. The second kappa shape index (κ2) is 9.24. The van der Waals surface area contributed by atoms with Gasteiger partial charge in [-0.25, -0.2) is 0 Å². The molecule has 0 aliphatic rings. The predicted octanol–water partition coefficient (Wildman–Crippen LogP) is 2.24. The predicted molar refractivity (Wildman–Crippen MR) is 111 cm³/mol. The van der Waals surface area contributed by atoms with Crippen LogP contribution < -0.4 is 15.8 Å². The van der Waals surface area contributed by atoms with E-state index in [0.29, 0.717) is 17.3 Å². The molecule has 2 amide bonds. The second-order valence-electron chi connectivity index (χ2n) is 6.23. The topological polar surface area (TPSA) is 112 Å². The molecule has 3 N–H and O–H groups in total. The van der Waals surface area contributed by atoms with Crippen LogP contribution in [0.2, 0.25) is 0 Å². The molecule has 2 aromatic carbocycles. The van der Waals surface area contributed by atoms with Crippen LogP contribution in [0.3, 0.4) is 0 Å². The molecule has 3 rings (SSSR count). The third-order valence-corrected chi connectivity index (χ3v) is 5.27. The average molecular weight is 411 g/mol. The number of carbonyl (C=O) groups excluding carboxylic acids is 2. The van der Waals surface area contributed by atoms with Gasteiger partial charge in [0, 0.05) is 13.5 Å². The van der Waals surface area contributed by atoms with Crippen LogP contribution in [0.4, 0.5) is 5.69 Å². The van der Waals surface area contributed by atoms with Crippen molar-refractivity contribution >= 4 is 29.3 Å². The molecule has 0 aliphatic heterocycles. The lowest BCUT2D eigenvalue weighted by Crippen LogP contribution is -2.19. The van der Waals surface area contributed by atoms with Gasteiger partial charge in [-0.05, 0) is 29.8 Å². The van der Waals surface area contributed by atoms with Gasteiger partial charge in [-0.2, -0.15) is 0 Å². The minimum atomic E-state index is -0.593. The van der Waals surface area contributed by atoms with Gasteiger partial charge in [-0.1, -0.05) is 36.0 Å². The fourth-order valence-corrected chi connectivity index (χ4v) is 3.40. The molecule has 0 saturated heterocycles. The highest BCUT2D eigenvalue weighted by Gasteiger charge is 2.14. The Bertz CT molecular complexity index is 1020. The van der Waals surface area contributed by atoms with Gasteiger partial charge in [0.2, 0.25) is 5.91 Å². The lowest BCUT2D eigenvalue weighted by atomic mass is 10.1. The van der Waals surface area contributed by atoms with Crippen molar-refractivity contribution in [2.45, 2.75) is 11.6 Å². The van der Waals surface area contributed by atoms with Crippen molar-refractivity contribution in [3.63, 3.8) is 0 Å². The summed E-state index contributed by atoms with van der Waals surface area (Å²) >= 11 is 1.27. The summed E-state index contributed by atoms with van der Waals surface area (Å²) < 4.78 is 7.03. The van der Waals surface area contributed by atoms with E-state index in [4.69, 9.17) is 10.5 Å². The highest BCUT2D eigenvalue weighted by molar-refractivity contribution is 7.99. The zero-order valence-corrected chi connectivity index (χ0v) is 16.9. The zero-order valence-electron chi connectivity index (χ0n) is 16.1. The Kier molecular flexibility index (Phi) is 6.50. The molecule has 1 heterocycles. The Morgan fingerprint density at radius 1 is 1.14 bits per heavy atom. The number of nitrogens with two attached hydrogens (primary N) is 1. The Hall–Kier alpha value is -3.33. The standard InChI is InChI=1S/C20H21N5O3S/c1-25-17(11-13-7-9-14(28-2)10-8-13)23-24-20(25)29-12-18(26)22-16-6-4-3-5-15(16)19(21)27/h3-10H,11-12H2,1-2H3,(H2,21,27)(H,22,26). The minimum absolute atomic E-state index is 0.127. The van der Waals surface area contributed by atoms with Crippen molar-refractivity contribution in [2.24, 2.45) is 12.8 Å². The van der Waals surface area contributed by atoms with Crippen LogP contribution in [0.1, 0.15) is 21.7 Å². The summed E-state index contributed by atoms with van der Waals surface area (Å²) in [6.07, 6.45) is 0.617. The van der Waals surface area contributed by atoms with Crippen LogP contribution in [-0.4, -0.2) is 39.4 Å². The monoisotopic (exact) mass is 411 g/mol. The third kappa shape index (κ3) is 5.14. The highest BCUT2D eigenvalue weighted by atomic mass is 32.2. The average Bonchev–Trinajstić information content (AvgIpc) is 3.06. The smallest absolute Gasteiger partial charge is 0.250 e. The largest absolute Gasteiger partial charge is 0.497 e. The van der Waals surface area contributed by atoms with E-state index in [9.17, 15) is 9.59 Å². The van der Waals surface area contributed by atoms with Crippen molar-refractivity contribution < 1.29 is 14.3 Å². The van der Waals surface area contributed by atoms with Gasteiger partial charge in [0.05, 0.1) is 24.1 Å². The van der Waals surface area contributed by atoms with Crippen LogP contribution in [0.15, 0.2) is 53.7 Å². The van der Waals surface area contributed by atoms with Crippen LogP contribution in [0.5, 0.6) is 5.75 Å². The maximum atomic E-state index is 12.3. The number of amides is 2. The summed E-state index contributed by atoms with van der Waals surface area (Å²) in [6, 6.07) is 14.4. The SMILES string of the molecule is COc1ccc(Cc2nnc(SCC(=O)Nc3ccccc3C(N)=O)n2C)cc1. The first-order valence-corrected chi connectivity index (χ1v) is 9.79. The number of nitrogens with zero attached hydrogens (tertiary/aromatic N) is 3. The number of primary amides is 1. The number of hydrogen-bond acceptors (Lipinski definition) is 6. The first-order valence-electron chi connectivity index (χ1n) is 8.80. The van der Waals surface area contributed by atoms with Gasteiger partial charge in [-0.3, -0.25) is 9.59 Å². The number of hydrogen-bond donors (Lipinski definition) is 2. The fraction of sp³-hybridized carbons (Fsp3) is 0.200. The fourth-order valence-electron chi connectivity index (χ4n) is 2.67. The van der Waals surface area contributed by atoms with Crippen molar-refractivity contribution in [3.8, 4) is 5.75 Å². The quantitative estimate of drug-likeness (QED) is 0.550. The van der Waals surface area contributed by atoms with Gasteiger partial charge in [0.1, 0.15) is 11.6 Å². The van der Waals surface area contributed by atoms with Crippen LogP contribution in [-0.2, 0) is 18.3 Å². The first kappa shape index (κ1) is 20.4. The van der Waals surface area contributed by atoms with E-state index in [1.807, 2.05) is 35.9 Å². The molecule has 0 saturated carbocycles. The van der Waals surface area contributed by atoms with Gasteiger partial charge >= 0.3 is 0 Å². The Morgan fingerprint density at radius 2 is 1.86 bits per heavy atom.